The lowest BCUT2D eigenvalue weighted by Crippen LogP contribution is -2.30. The molecule has 1 aromatic carbocycles. The minimum Gasteiger partial charge on any atom is -0.383 e. The summed E-state index contributed by atoms with van der Waals surface area (Å²) in [4.78, 5) is 2.17. The first-order valence-electron chi connectivity index (χ1n) is 6.50. The fourth-order valence-corrected chi connectivity index (χ4v) is 1.93. The Balaban J connectivity index is 2.54. The van der Waals surface area contributed by atoms with Crippen molar-refractivity contribution >= 4 is 0 Å². The maximum absolute atomic E-state index is 13.6. The molecule has 0 saturated carbocycles. The maximum Gasteiger partial charge on any atom is 0.163 e. The van der Waals surface area contributed by atoms with Gasteiger partial charge in [-0.3, -0.25) is 0 Å². The highest BCUT2D eigenvalue weighted by Gasteiger charge is 2.15. The Morgan fingerprint density at radius 3 is 2.68 bits per heavy atom. The van der Waals surface area contributed by atoms with Crippen LogP contribution in [0, 0.1) is 11.6 Å². The molecule has 0 radical (unpaired) electrons. The van der Waals surface area contributed by atoms with Crippen molar-refractivity contribution in [1.29, 1.82) is 0 Å². The molecule has 2 N–H and O–H groups in total. The highest BCUT2D eigenvalue weighted by Crippen LogP contribution is 2.20. The van der Waals surface area contributed by atoms with Crippen LogP contribution in [0.25, 0.3) is 0 Å². The summed E-state index contributed by atoms with van der Waals surface area (Å²) in [5, 5.41) is 0. The third-order valence-corrected chi connectivity index (χ3v) is 3.20. The van der Waals surface area contributed by atoms with Gasteiger partial charge in [0.2, 0.25) is 0 Å². The SMILES string of the molecule is CCN(CCOC)CCC(N)c1cccc(F)c1F. The molecule has 0 amide bonds. The molecule has 1 aromatic rings. The second kappa shape index (κ2) is 8.19. The van der Waals surface area contributed by atoms with E-state index in [-0.39, 0.29) is 5.56 Å². The van der Waals surface area contributed by atoms with Crippen LogP contribution < -0.4 is 5.73 Å². The first-order valence-corrected chi connectivity index (χ1v) is 6.50. The van der Waals surface area contributed by atoms with Crippen molar-refractivity contribution < 1.29 is 13.5 Å². The zero-order valence-electron chi connectivity index (χ0n) is 11.5. The van der Waals surface area contributed by atoms with Crippen molar-refractivity contribution in [3.63, 3.8) is 0 Å². The topological polar surface area (TPSA) is 38.5 Å². The van der Waals surface area contributed by atoms with Gasteiger partial charge in [0.05, 0.1) is 6.61 Å². The predicted molar refractivity (Wildman–Crippen MR) is 71.9 cm³/mol. The zero-order valence-corrected chi connectivity index (χ0v) is 11.5. The number of nitrogens with two attached hydrogens (primary N) is 1. The molecule has 0 spiro atoms. The molecular formula is C14H22F2N2O. The van der Waals surface area contributed by atoms with Gasteiger partial charge in [-0.25, -0.2) is 8.78 Å². The van der Waals surface area contributed by atoms with E-state index < -0.39 is 17.7 Å². The molecule has 1 rings (SSSR count). The van der Waals surface area contributed by atoms with E-state index in [4.69, 9.17) is 10.5 Å². The van der Waals surface area contributed by atoms with E-state index in [1.54, 1.807) is 7.11 Å². The molecule has 1 unspecified atom stereocenters. The molecule has 0 aliphatic heterocycles. The number of ether oxygens (including phenoxy) is 1. The summed E-state index contributed by atoms with van der Waals surface area (Å²) in [5.74, 6) is -1.69. The average molecular weight is 272 g/mol. The normalized spacial score (nSPS) is 12.9. The lowest BCUT2D eigenvalue weighted by Gasteiger charge is -2.22. The monoisotopic (exact) mass is 272 g/mol. The van der Waals surface area contributed by atoms with Crippen molar-refractivity contribution in [1.82, 2.24) is 4.90 Å². The molecule has 0 aliphatic carbocycles. The Labute approximate surface area is 113 Å². The van der Waals surface area contributed by atoms with Crippen LogP contribution in [0.5, 0.6) is 0 Å². The summed E-state index contributed by atoms with van der Waals surface area (Å²) >= 11 is 0. The van der Waals surface area contributed by atoms with E-state index in [1.165, 1.54) is 12.1 Å². The van der Waals surface area contributed by atoms with E-state index in [0.717, 1.165) is 25.7 Å². The molecule has 5 heteroatoms. The Hall–Kier alpha value is -1.04. The van der Waals surface area contributed by atoms with Gasteiger partial charge in [-0.1, -0.05) is 19.1 Å². The largest absolute Gasteiger partial charge is 0.383 e. The van der Waals surface area contributed by atoms with Gasteiger partial charge in [-0.15, -0.1) is 0 Å². The fraction of sp³-hybridized carbons (Fsp3) is 0.571. The molecule has 0 heterocycles. The lowest BCUT2D eigenvalue weighted by molar-refractivity contribution is 0.148. The Bertz CT molecular complexity index is 388. The number of methoxy groups -OCH3 is 1. The number of hydrogen-bond donors (Lipinski definition) is 1. The predicted octanol–water partition coefficient (Wildman–Crippen LogP) is 2.32. The van der Waals surface area contributed by atoms with E-state index in [0.29, 0.717) is 13.0 Å². The van der Waals surface area contributed by atoms with Gasteiger partial charge in [0.1, 0.15) is 0 Å². The quantitative estimate of drug-likeness (QED) is 0.789. The summed E-state index contributed by atoms with van der Waals surface area (Å²) in [6.45, 7) is 5.12. The Morgan fingerprint density at radius 1 is 1.32 bits per heavy atom. The third-order valence-electron chi connectivity index (χ3n) is 3.20. The molecule has 3 nitrogen and oxygen atoms in total. The highest BCUT2D eigenvalue weighted by molar-refractivity contribution is 5.22. The minimum absolute atomic E-state index is 0.239. The van der Waals surface area contributed by atoms with E-state index in [1.807, 2.05) is 6.92 Å². The van der Waals surface area contributed by atoms with Crippen molar-refractivity contribution in [3.8, 4) is 0 Å². The molecule has 19 heavy (non-hydrogen) atoms. The van der Waals surface area contributed by atoms with Gasteiger partial charge in [0, 0.05) is 31.8 Å². The van der Waals surface area contributed by atoms with Crippen LogP contribution in [0.2, 0.25) is 0 Å². The molecule has 0 saturated heterocycles. The molecule has 0 aliphatic rings. The maximum atomic E-state index is 13.6. The van der Waals surface area contributed by atoms with E-state index in [9.17, 15) is 8.78 Å². The van der Waals surface area contributed by atoms with Gasteiger partial charge >= 0.3 is 0 Å². The molecule has 1 atom stereocenters. The van der Waals surface area contributed by atoms with Gasteiger partial charge in [-0.05, 0) is 19.0 Å². The van der Waals surface area contributed by atoms with Gasteiger partial charge in [0.25, 0.3) is 0 Å². The number of rotatable bonds is 8. The van der Waals surface area contributed by atoms with Crippen molar-refractivity contribution in [2.75, 3.05) is 33.4 Å². The smallest absolute Gasteiger partial charge is 0.163 e. The van der Waals surface area contributed by atoms with Gasteiger partial charge in [-0.2, -0.15) is 0 Å². The summed E-state index contributed by atoms with van der Waals surface area (Å²) in [6.07, 6.45) is 0.581. The van der Waals surface area contributed by atoms with Crippen LogP contribution >= 0.6 is 0 Å². The molecule has 0 aromatic heterocycles. The summed E-state index contributed by atoms with van der Waals surface area (Å²) in [7, 11) is 1.65. The summed E-state index contributed by atoms with van der Waals surface area (Å²) < 4.78 is 31.7. The summed E-state index contributed by atoms with van der Waals surface area (Å²) in [6, 6.07) is 3.62. The highest BCUT2D eigenvalue weighted by atomic mass is 19.2. The first-order chi connectivity index (χ1) is 9.10. The summed E-state index contributed by atoms with van der Waals surface area (Å²) in [5.41, 5.74) is 6.17. The number of halogens is 2. The van der Waals surface area contributed by atoms with Crippen LogP contribution in [0.15, 0.2) is 18.2 Å². The Kier molecular flexibility index (Phi) is 6.91. The third kappa shape index (κ3) is 4.86. The second-order valence-corrected chi connectivity index (χ2v) is 4.47. The number of benzene rings is 1. The fourth-order valence-electron chi connectivity index (χ4n) is 1.93. The first kappa shape index (κ1) is 16.0. The minimum atomic E-state index is -0.848. The van der Waals surface area contributed by atoms with Gasteiger partial charge in [0.15, 0.2) is 11.6 Å². The van der Waals surface area contributed by atoms with Crippen LogP contribution in [0.1, 0.15) is 24.9 Å². The van der Waals surface area contributed by atoms with Crippen LogP contribution in [-0.2, 0) is 4.74 Å². The standard InChI is InChI=1S/C14H22F2N2O/c1-3-18(9-10-19-2)8-7-13(17)11-5-4-6-12(15)14(11)16/h4-6,13H,3,7-10,17H2,1-2H3. The molecule has 0 bridgehead atoms. The van der Waals surface area contributed by atoms with Crippen molar-refractivity contribution in [3.05, 3.63) is 35.4 Å². The Morgan fingerprint density at radius 2 is 2.05 bits per heavy atom. The molecular weight excluding hydrogens is 250 g/mol. The van der Waals surface area contributed by atoms with Crippen molar-refractivity contribution in [2.45, 2.75) is 19.4 Å². The van der Waals surface area contributed by atoms with Crippen LogP contribution in [-0.4, -0.2) is 38.3 Å². The zero-order chi connectivity index (χ0) is 14.3. The average Bonchev–Trinajstić information content (AvgIpc) is 2.42. The van der Waals surface area contributed by atoms with Crippen LogP contribution in [0.4, 0.5) is 8.78 Å². The van der Waals surface area contributed by atoms with E-state index >= 15 is 0 Å². The van der Waals surface area contributed by atoms with Crippen molar-refractivity contribution in [2.24, 2.45) is 5.73 Å². The van der Waals surface area contributed by atoms with Gasteiger partial charge < -0.3 is 15.4 Å². The molecule has 108 valence electrons. The second-order valence-electron chi connectivity index (χ2n) is 4.47. The van der Waals surface area contributed by atoms with E-state index in [2.05, 4.69) is 4.90 Å². The van der Waals surface area contributed by atoms with Crippen LogP contribution in [0.3, 0.4) is 0 Å². The number of hydrogen-bond acceptors (Lipinski definition) is 3. The number of likely N-dealkylation sites (N-methyl/N-ethyl adjacent to an activating group) is 1. The molecule has 0 fully saturated rings. The number of nitrogens with zero attached hydrogens (tertiary/aromatic N) is 1. The lowest BCUT2D eigenvalue weighted by atomic mass is 10.0.